The number of rotatable bonds is 4. The van der Waals surface area contributed by atoms with Crippen molar-refractivity contribution in [2.75, 3.05) is 0 Å². The molecule has 0 atom stereocenters. The zero-order valence-corrected chi connectivity index (χ0v) is 11.0. The Bertz CT molecular complexity index is 620. The van der Waals surface area contributed by atoms with Crippen molar-refractivity contribution in [3.63, 3.8) is 0 Å². The highest BCUT2D eigenvalue weighted by Gasteiger charge is 2.12. The maximum atomic E-state index is 11.0. The summed E-state index contributed by atoms with van der Waals surface area (Å²) in [6.07, 6.45) is 2.48. The molecule has 0 amide bonds. The first-order valence-electron chi connectivity index (χ1n) is 5.18. The van der Waals surface area contributed by atoms with Crippen molar-refractivity contribution in [1.82, 2.24) is 9.97 Å². The lowest BCUT2D eigenvalue weighted by molar-refractivity contribution is 0.0692. The van der Waals surface area contributed by atoms with Crippen molar-refractivity contribution in [2.45, 2.75) is 6.61 Å². The molecule has 0 unspecified atom stereocenters. The van der Waals surface area contributed by atoms with Gasteiger partial charge in [-0.1, -0.05) is 23.2 Å². The largest absolute Gasteiger partial charge is 0.486 e. The summed E-state index contributed by atoms with van der Waals surface area (Å²) in [6, 6.07) is 4.77. The van der Waals surface area contributed by atoms with Crippen LogP contribution in [0.1, 0.15) is 16.1 Å². The molecule has 19 heavy (non-hydrogen) atoms. The molecule has 1 aromatic heterocycles. The van der Waals surface area contributed by atoms with Crippen LogP contribution >= 0.6 is 23.2 Å². The number of ether oxygens (including phenoxy) is 1. The summed E-state index contributed by atoms with van der Waals surface area (Å²) in [5.41, 5.74) is 0.265. The number of halogens is 2. The van der Waals surface area contributed by atoms with Crippen molar-refractivity contribution in [1.29, 1.82) is 0 Å². The van der Waals surface area contributed by atoms with Crippen molar-refractivity contribution in [2.24, 2.45) is 0 Å². The molecule has 0 bridgehead atoms. The molecule has 0 saturated carbocycles. The van der Waals surface area contributed by atoms with E-state index in [1.54, 1.807) is 12.1 Å². The Morgan fingerprint density at radius 3 is 2.84 bits per heavy atom. The lowest BCUT2D eigenvalue weighted by atomic mass is 10.2. The Morgan fingerprint density at radius 2 is 2.16 bits per heavy atom. The van der Waals surface area contributed by atoms with E-state index in [-0.39, 0.29) is 17.9 Å². The lowest BCUT2D eigenvalue weighted by Gasteiger charge is -2.09. The number of aromatic carboxylic acids is 1. The van der Waals surface area contributed by atoms with E-state index in [2.05, 4.69) is 9.97 Å². The maximum absolute atomic E-state index is 11.0. The van der Waals surface area contributed by atoms with Crippen LogP contribution in [-0.2, 0) is 6.61 Å². The summed E-state index contributed by atoms with van der Waals surface area (Å²) in [5, 5.41) is 9.81. The molecule has 0 saturated heterocycles. The standard InChI is InChI=1S/C12H8Cl2N2O3/c13-7-1-2-11(9(14)3-7)19-5-10-8(12(17)18)4-15-6-16-10/h1-4,6H,5H2,(H,17,18). The minimum atomic E-state index is -1.11. The van der Waals surface area contributed by atoms with Crippen LogP contribution in [0.2, 0.25) is 10.0 Å². The van der Waals surface area contributed by atoms with Gasteiger partial charge in [0.05, 0.1) is 10.7 Å². The number of carboxylic acid groups (broad SMARTS) is 1. The van der Waals surface area contributed by atoms with E-state index in [1.807, 2.05) is 0 Å². The van der Waals surface area contributed by atoms with Crippen LogP contribution in [0.5, 0.6) is 5.75 Å². The average Bonchev–Trinajstić information content (AvgIpc) is 2.38. The van der Waals surface area contributed by atoms with Crippen molar-refractivity contribution >= 4 is 29.2 Å². The molecule has 0 aliphatic carbocycles. The number of hydrogen-bond acceptors (Lipinski definition) is 4. The molecule has 0 spiro atoms. The zero-order chi connectivity index (χ0) is 13.8. The van der Waals surface area contributed by atoms with Gasteiger partial charge < -0.3 is 9.84 Å². The topological polar surface area (TPSA) is 72.3 Å². The Hall–Kier alpha value is -1.85. The second-order valence-corrected chi connectivity index (χ2v) is 4.40. The van der Waals surface area contributed by atoms with Gasteiger partial charge in [0.2, 0.25) is 0 Å². The van der Waals surface area contributed by atoms with E-state index >= 15 is 0 Å². The van der Waals surface area contributed by atoms with Crippen LogP contribution in [0.4, 0.5) is 0 Å². The van der Waals surface area contributed by atoms with Crippen LogP contribution in [0.3, 0.4) is 0 Å². The third-order valence-corrected chi connectivity index (χ3v) is 2.81. The number of nitrogens with zero attached hydrogens (tertiary/aromatic N) is 2. The molecule has 0 radical (unpaired) electrons. The molecular formula is C12H8Cl2N2O3. The van der Waals surface area contributed by atoms with Crippen LogP contribution in [-0.4, -0.2) is 21.0 Å². The molecule has 1 N–H and O–H groups in total. The minimum Gasteiger partial charge on any atom is -0.486 e. The fourth-order valence-corrected chi connectivity index (χ4v) is 1.85. The van der Waals surface area contributed by atoms with E-state index in [4.69, 9.17) is 33.0 Å². The van der Waals surface area contributed by atoms with Crippen molar-refractivity contribution in [3.8, 4) is 5.75 Å². The van der Waals surface area contributed by atoms with E-state index in [9.17, 15) is 4.79 Å². The number of carbonyl (C=O) groups is 1. The second-order valence-electron chi connectivity index (χ2n) is 3.55. The van der Waals surface area contributed by atoms with E-state index in [0.29, 0.717) is 15.8 Å². The molecule has 1 heterocycles. The smallest absolute Gasteiger partial charge is 0.339 e. The highest BCUT2D eigenvalue weighted by molar-refractivity contribution is 6.35. The molecule has 1 aromatic carbocycles. The summed E-state index contributed by atoms with van der Waals surface area (Å²) in [7, 11) is 0. The van der Waals surface area contributed by atoms with E-state index in [1.165, 1.54) is 18.6 Å². The van der Waals surface area contributed by atoms with Crippen LogP contribution in [0.25, 0.3) is 0 Å². The Kier molecular flexibility index (Phi) is 4.19. The molecule has 0 aliphatic rings. The molecule has 98 valence electrons. The van der Waals surface area contributed by atoms with Crippen LogP contribution in [0.15, 0.2) is 30.7 Å². The van der Waals surface area contributed by atoms with Gasteiger partial charge in [-0.15, -0.1) is 0 Å². The molecule has 0 aliphatic heterocycles. The Balaban J connectivity index is 2.17. The van der Waals surface area contributed by atoms with Gasteiger partial charge in [0, 0.05) is 11.2 Å². The van der Waals surface area contributed by atoms with Crippen LogP contribution in [0, 0.1) is 0 Å². The Labute approximate surface area is 118 Å². The molecular weight excluding hydrogens is 291 g/mol. The molecule has 0 fully saturated rings. The first-order valence-corrected chi connectivity index (χ1v) is 5.93. The monoisotopic (exact) mass is 298 g/mol. The number of benzene rings is 1. The predicted molar refractivity (Wildman–Crippen MR) is 69.8 cm³/mol. The van der Waals surface area contributed by atoms with Crippen molar-refractivity contribution < 1.29 is 14.6 Å². The summed E-state index contributed by atoms with van der Waals surface area (Å²) in [6.45, 7) is -0.0223. The van der Waals surface area contributed by atoms with Gasteiger partial charge in [-0.25, -0.2) is 14.8 Å². The second kappa shape index (κ2) is 5.86. The quantitative estimate of drug-likeness (QED) is 0.939. The number of carboxylic acids is 1. The Morgan fingerprint density at radius 1 is 1.37 bits per heavy atom. The van der Waals surface area contributed by atoms with Gasteiger partial charge in [-0.2, -0.15) is 0 Å². The first kappa shape index (κ1) is 13.6. The average molecular weight is 299 g/mol. The fraction of sp³-hybridized carbons (Fsp3) is 0.0833. The van der Waals surface area contributed by atoms with E-state index < -0.39 is 5.97 Å². The third-order valence-electron chi connectivity index (χ3n) is 2.28. The van der Waals surface area contributed by atoms with Gasteiger partial charge in [-0.3, -0.25) is 0 Å². The number of aromatic nitrogens is 2. The van der Waals surface area contributed by atoms with Gasteiger partial charge in [0.25, 0.3) is 0 Å². The highest BCUT2D eigenvalue weighted by Crippen LogP contribution is 2.28. The molecule has 5 nitrogen and oxygen atoms in total. The fourth-order valence-electron chi connectivity index (χ4n) is 1.39. The highest BCUT2D eigenvalue weighted by atomic mass is 35.5. The molecule has 7 heteroatoms. The number of hydrogen-bond donors (Lipinski definition) is 1. The predicted octanol–water partition coefficient (Wildman–Crippen LogP) is 3.06. The summed E-state index contributed by atoms with van der Waals surface area (Å²) in [5.74, 6) is -0.706. The lowest BCUT2D eigenvalue weighted by Crippen LogP contribution is -2.08. The first-order chi connectivity index (χ1) is 9.08. The van der Waals surface area contributed by atoms with Crippen LogP contribution < -0.4 is 4.74 Å². The molecule has 2 rings (SSSR count). The normalized spacial score (nSPS) is 10.2. The molecule has 2 aromatic rings. The van der Waals surface area contributed by atoms with E-state index in [0.717, 1.165) is 0 Å². The summed E-state index contributed by atoms with van der Waals surface area (Å²) in [4.78, 5) is 18.5. The van der Waals surface area contributed by atoms with Crippen molar-refractivity contribution in [3.05, 3.63) is 52.0 Å². The SMILES string of the molecule is O=C(O)c1cncnc1COc1ccc(Cl)cc1Cl. The van der Waals surface area contributed by atoms with Gasteiger partial charge >= 0.3 is 5.97 Å². The summed E-state index contributed by atoms with van der Waals surface area (Å²) >= 11 is 11.7. The summed E-state index contributed by atoms with van der Waals surface area (Å²) < 4.78 is 5.42. The zero-order valence-electron chi connectivity index (χ0n) is 9.51. The minimum absolute atomic E-state index is 0.00686. The maximum Gasteiger partial charge on any atom is 0.339 e. The van der Waals surface area contributed by atoms with Gasteiger partial charge in [0.1, 0.15) is 24.2 Å². The van der Waals surface area contributed by atoms with Gasteiger partial charge in [-0.05, 0) is 18.2 Å². The van der Waals surface area contributed by atoms with Gasteiger partial charge in [0.15, 0.2) is 0 Å². The third kappa shape index (κ3) is 3.33.